The van der Waals surface area contributed by atoms with Crippen molar-refractivity contribution in [3.8, 4) is 0 Å². The van der Waals surface area contributed by atoms with Crippen LogP contribution >= 0.6 is 0 Å². The summed E-state index contributed by atoms with van der Waals surface area (Å²) in [4.78, 5) is 24.8. The van der Waals surface area contributed by atoms with Gasteiger partial charge in [0.1, 0.15) is 16.4 Å². The maximum Gasteiger partial charge on any atom is 0.335 e. The molecule has 0 fully saturated rings. The van der Waals surface area contributed by atoms with E-state index < -0.39 is 17.1 Å². The van der Waals surface area contributed by atoms with Crippen LogP contribution in [-0.2, 0) is 17.6 Å². The van der Waals surface area contributed by atoms with Gasteiger partial charge in [-0.1, -0.05) is 13.3 Å². The van der Waals surface area contributed by atoms with Gasteiger partial charge in [0, 0.05) is 17.7 Å². The predicted octanol–water partition coefficient (Wildman–Crippen LogP) is 4.11. The van der Waals surface area contributed by atoms with Gasteiger partial charge in [0.05, 0.1) is 16.3 Å². The van der Waals surface area contributed by atoms with Gasteiger partial charge in [0.2, 0.25) is 5.43 Å². The zero-order valence-electron chi connectivity index (χ0n) is 14.9. The van der Waals surface area contributed by atoms with Crippen molar-refractivity contribution in [3.63, 3.8) is 0 Å². The number of aryl methyl sites for hydroxylation is 1. The van der Waals surface area contributed by atoms with Crippen LogP contribution in [0.4, 0.5) is 0 Å². The Kier molecular flexibility index (Phi) is 5.07. The highest BCUT2D eigenvalue weighted by Gasteiger charge is 2.21. The van der Waals surface area contributed by atoms with E-state index >= 15 is 0 Å². The van der Waals surface area contributed by atoms with E-state index in [2.05, 4.69) is 0 Å². The summed E-state index contributed by atoms with van der Waals surface area (Å²) >= 11 is -1.23. The minimum atomic E-state index is -1.23. The number of aromatic carboxylic acids is 1. The minimum absolute atomic E-state index is 0.0276. The second-order valence-corrected chi connectivity index (χ2v) is 8.51. The first-order valence-corrected chi connectivity index (χ1v) is 9.72. The van der Waals surface area contributed by atoms with E-state index in [0.717, 1.165) is 12.0 Å². The van der Waals surface area contributed by atoms with Gasteiger partial charge in [-0.15, -0.1) is 0 Å². The zero-order chi connectivity index (χ0) is 19.0. The van der Waals surface area contributed by atoms with E-state index in [1.54, 1.807) is 6.07 Å². The second kappa shape index (κ2) is 7.13. The van der Waals surface area contributed by atoms with E-state index in [-0.39, 0.29) is 21.6 Å². The third kappa shape index (κ3) is 3.22. The largest absolute Gasteiger partial charge is 0.611 e. The number of benzene rings is 2. The molecule has 0 radical (unpaired) electrons. The lowest BCUT2D eigenvalue weighted by atomic mass is 10.0. The molecule has 1 atom stereocenters. The Bertz CT molecular complexity index is 1050. The minimum Gasteiger partial charge on any atom is -0.611 e. The van der Waals surface area contributed by atoms with Crippen molar-refractivity contribution < 1.29 is 18.9 Å². The van der Waals surface area contributed by atoms with Crippen molar-refractivity contribution in [3.05, 3.63) is 51.7 Å². The summed E-state index contributed by atoms with van der Waals surface area (Å²) < 4.78 is 18.5. The SMILES string of the molecule is CCCc1cc([S+]([O-])C(C)C)cc2c(=O)c3cc(C(=O)O)ccc3oc12. The molecule has 2 aromatic carbocycles. The molecule has 0 aliphatic carbocycles. The van der Waals surface area contributed by atoms with Crippen molar-refractivity contribution in [1.29, 1.82) is 0 Å². The molecule has 1 unspecified atom stereocenters. The molecule has 0 spiro atoms. The highest BCUT2D eigenvalue weighted by Crippen LogP contribution is 2.28. The molecule has 0 amide bonds. The first kappa shape index (κ1) is 18.5. The fourth-order valence-corrected chi connectivity index (χ4v) is 4.01. The average Bonchev–Trinajstić information content (AvgIpc) is 2.61. The summed E-state index contributed by atoms with van der Waals surface area (Å²) in [6, 6.07) is 7.72. The van der Waals surface area contributed by atoms with Crippen LogP contribution < -0.4 is 5.43 Å². The van der Waals surface area contributed by atoms with Crippen molar-refractivity contribution in [1.82, 2.24) is 0 Å². The number of rotatable bonds is 5. The summed E-state index contributed by atoms with van der Waals surface area (Å²) in [6.45, 7) is 5.75. The Morgan fingerprint density at radius 1 is 1.23 bits per heavy atom. The van der Waals surface area contributed by atoms with Crippen LogP contribution in [0.15, 0.2) is 44.4 Å². The maximum absolute atomic E-state index is 13.0. The molecule has 3 rings (SSSR count). The normalized spacial score (nSPS) is 12.8. The smallest absolute Gasteiger partial charge is 0.335 e. The molecule has 0 aliphatic rings. The second-order valence-electron chi connectivity index (χ2n) is 6.50. The van der Waals surface area contributed by atoms with Gasteiger partial charge in [0.25, 0.3) is 0 Å². The molecular weight excluding hydrogens is 352 g/mol. The first-order chi connectivity index (χ1) is 12.3. The van der Waals surface area contributed by atoms with E-state index in [1.165, 1.54) is 18.2 Å². The lowest BCUT2D eigenvalue weighted by Crippen LogP contribution is -2.15. The highest BCUT2D eigenvalue weighted by molar-refractivity contribution is 7.92. The van der Waals surface area contributed by atoms with Crippen molar-refractivity contribution in [2.45, 2.75) is 43.8 Å². The van der Waals surface area contributed by atoms with Gasteiger partial charge in [-0.25, -0.2) is 4.79 Å². The molecule has 5 nitrogen and oxygen atoms in total. The molecule has 136 valence electrons. The number of hydrogen-bond donors (Lipinski definition) is 1. The van der Waals surface area contributed by atoms with Crippen LogP contribution in [0, 0.1) is 0 Å². The third-order valence-corrected chi connectivity index (χ3v) is 5.80. The number of fused-ring (bicyclic) bond motifs is 2. The number of carboxylic acid groups (broad SMARTS) is 1. The first-order valence-electron chi connectivity index (χ1n) is 8.50. The molecule has 3 aromatic rings. The van der Waals surface area contributed by atoms with Crippen molar-refractivity contribution >= 4 is 39.1 Å². The summed E-state index contributed by atoms with van der Waals surface area (Å²) in [5, 5.41) is 9.65. The molecule has 0 bridgehead atoms. The molecular formula is C20H20O5S. The average molecular weight is 372 g/mol. The van der Waals surface area contributed by atoms with Gasteiger partial charge >= 0.3 is 5.97 Å². The van der Waals surface area contributed by atoms with Gasteiger partial charge in [-0.3, -0.25) is 4.79 Å². The summed E-state index contributed by atoms with van der Waals surface area (Å²) in [7, 11) is 0. The van der Waals surface area contributed by atoms with Gasteiger partial charge < -0.3 is 14.1 Å². The summed E-state index contributed by atoms with van der Waals surface area (Å²) in [6.07, 6.45) is 1.55. The Labute approximate surface area is 153 Å². The Hall–Kier alpha value is -2.31. The van der Waals surface area contributed by atoms with E-state index in [0.29, 0.717) is 27.9 Å². The van der Waals surface area contributed by atoms with Crippen LogP contribution in [0.25, 0.3) is 21.9 Å². The van der Waals surface area contributed by atoms with E-state index in [9.17, 15) is 14.1 Å². The third-order valence-electron chi connectivity index (χ3n) is 4.25. The molecule has 0 aliphatic heterocycles. The molecule has 1 aromatic heterocycles. The fraction of sp³-hybridized carbons (Fsp3) is 0.300. The number of carboxylic acids is 1. The molecule has 26 heavy (non-hydrogen) atoms. The van der Waals surface area contributed by atoms with Gasteiger partial charge in [-0.2, -0.15) is 0 Å². The highest BCUT2D eigenvalue weighted by atomic mass is 32.2. The monoisotopic (exact) mass is 372 g/mol. The predicted molar refractivity (Wildman–Crippen MR) is 102 cm³/mol. The summed E-state index contributed by atoms with van der Waals surface area (Å²) in [5.41, 5.74) is 1.40. The van der Waals surface area contributed by atoms with Crippen LogP contribution in [0.5, 0.6) is 0 Å². The van der Waals surface area contributed by atoms with Crippen LogP contribution in [0.3, 0.4) is 0 Å². The number of hydrogen-bond acceptors (Lipinski definition) is 4. The Morgan fingerprint density at radius 2 is 1.96 bits per heavy atom. The standard InChI is InChI=1S/C20H20O5S/c1-4-5-12-8-14(26(24)11(2)3)10-16-18(21)15-9-13(20(22)23)6-7-17(15)25-19(12)16/h6-11H,4-5H2,1-3H3,(H,22,23). The zero-order valence-corrected chi connectivity index (χ0v) is 15.7. The van der Waals surface area contributed by atoms with E-state index in [4.69, 9.17) is 9.52 Å². The fourth-order valence-electron chi connectivity index (χ4n) is 2.98. The molecule has 0 saturated heterocycles. The van der Waals surface area contributed by atoms with Crippen molar-refractivity contribution in [2.24, 2.45) is 0 Å². The Balaban J connectivity index is 2.38. The quantitative estimate of drug-likeness (QED) is 0.537. The van der Waals surface area contributed by atoms with Crippen molar-refractivity contribution in [2.75, 3.05) is 0 Å². The molecule has 1 heterocycles. The van der Waals surface area contributed by atoms with Crippen LogP contribution in [-0.4, -0.2) is 20.9 Å². The number of carbonyl (C=O) groups is 1. The lowest BCUT2D eigenvalue weighted by Gasteiger charge is -2.16. The van der Waals surface area contributed by atoms with E-state index in [1.807, 2.05) is 26.8 Å². The topological polar surface area (TPSA) is 90.6 Å². The molecule has 0 saturated carbocycles. The molecule has 1 N–H and O–H groups in total. The lowest BCUT2D eigenvalue weighted by molar-refractivity contribution is 0.0697. The molecule has 6 heteroatoms. The maximum atomic E-state index is 13.0. The summed E-state index contributed by atoms with van der Waals surface area (Å²) in [5.74, 6) is -1.10. The van der Waals surface area contributed by atoms with Crippen LogP contribution in [0.2, 0.25) is 0 Å². The van der Waals surface area contributed by atoms with Gasteiger partial charge in [0.15, 0.2) is 4.90 Å². The van der Waals surface area contributed by atoms with Gasteiger partial charge in [-0.05, 0) is 49.6 Å². The Morgan fingerprint density at radius 3 is 2.58 bits per heavy atom. The van der Waals surface area contributed by atoms with Crippen LogP contribution in [0.1, 0.15) is 43.1 Å².